The maximum Gasteiger partial charge on any atom is 0.227 e. The van der Waals surface area contributed by atoms with Crippen molar-refractivity contribution in [3.8, 4) is 0 Å². The van der Waals surface area contributed by atoms with Gasteiger partial charge in [0.1, 0.15) is 0 Å². The van der Waals surface area contributed by atoms with Crippen LogP contribution in [-0.2, 0) is 4.79 Å². The fourth-order valence-electron chi connectivity index (χ4n) is 1.83. The second-order valence-corrected chi connectivity index (χ2v) is 4.69. The molecule has 0 saturated heterocycles. The number of anilines is 2. The minimum absolute atomic E-state index is 0.108. The van der Waals surface area contributed by atoms with Crippen LogP contribution in [0.2, 0.25) is 0 Å². The number of aryl methyl sites for hydroxylation is 1. The first kappa shape index (κ1) is 11.0. The molecule has 1 aromatic rings. The van der Waals surface area contributed by atoms with E-state index in [2.05, 4.69) is 5.32 Å². The lowest BCUT2D eigenvalue weighted by atomic mass is 10.1. The van der Waals surface area contributed by atoms with Crippen LogP contribution in [0.3, 0.4) is 0 Å². The first-order valence-electron chi connectivity index (χ1n) is 5.75. The van der Waals surface area contributed by atoms with Gasteiger partial charge in [-0.25, -0.2) is 0 Å². The Kier molecular flexibility index (Phi) is 2.86. The zero-order chi connectivity index (χ0) is 11.7. The molecule has 1 aliphatic rings. The van der Waals surface area contributed by atoms with Crippen molar-refractivity contribution < 1.29 is 4.79 Å². The molecule has 86 valence electrons. The first-order valence-corrected chi connectivity index (χ1v) is 5.75. The number of hydrogen-bond donors (Lipinski definition) is 2. The molecule has 0 radical (unpaired) electrons. The summed E-state index contributed by atoms with van der Waals surface area (Å²) in [6, 6.07) is 5.58. The van der Waals surface area contributed by atoms with Crippen LogP contribution in [0.1, 0.15) is 25.3 Å². The molecule has 1 unspecified atom stereocenters. The zero-order valence-corrected chi connectivity index (χ0v) is 9.79. The number of nitrogens with one attached hydrogen (secondary N) is 1. The molecule has 1 amide bonds. The molecule has 0 bridgehead atoms. The molecule has 1 aromatic carbocycles. The number of nitrogens with two attached hydrogens (primary N) is 1. The average molecular weight is 218 g/mol. The van der Waals surface area contributed by atoms with Crippen molar-refractivity contribution >= 4 is 17.3 Å². The van der Waals surface area contributed by atoms with Crippen LogP contribution in [0, 0.1) is 18.8 Å². The van der Waals surface area contributed by atoms with Crippen molar-refractivity contribution in [3.63, 3.8) is 0 Å². The fourth-order valence-corrected chi connectivity index (χ4v) is 1.83. The van der Waals surface area contributed by atoms with E-state index < -0.39 is 0 Å². The SMILES string of the molecule is Cc1ccc(N)cc1NC(=O)C(C)C1CC1. The summed E-state index contributed by atoms with van der Waals surface area (Å²) in [4.78, 5) is 11.9. The van der Waals surface area contributed by atoms with E-state index >= 15 is 0 Å². The van der Waals surface area contributed by atoms with E-state index in [-0.39, 0.29) is 11.8 Å². The standard InChI is InChI=1S/C13H18N2O/c1-8-3-6-11(14)7-12(8)15-13(16)9(2)10-4-5-10/h3,6-7,9-10H,4-5,14H2,1-2H3,(H,15,16). The lowest BCUT2D eigenvalue weighted by Gasteiger charge is -2.13. The van der Waals surface area contributed by atoms with Gasteiger partial charge < -0.3 is 11.1 Å². The molecular formula is C13H18N2O. The third-order valence-electron chi connectivity index (χ3n) is 3.26. The van der Waals surface area contributed by atoms with Gasteiger partial charge in [0.25, 0.3) is 0 Å². The van der Waals surface area contributed by atoms with Gasteiger partial charge in [0.05, 0.1) is 0 Å². The Bertz CT molecular complexity index is 410. The molecule has 0 spiro atoms. The molecule has 0 aliphatic heterocycles. The number of rotatable bonds is 3. The van der Waals surface area contributed by atoms with E-state index in [0.717, 1.165) is 11.3 Å². The van der Waals surface area contributed by atoms with E-state index in [1.807, 2.05) is 32.0 Å². The van der Waals surface area contributed by atoms with Crippen LogP contribution in [0.15, 0.2) is 18.2 Å². The fraction of sp³-hybridized carbons (Fsp3) is 0.462. The highest BCUT2D eigenvalue weighted by Crippen LogP contribution is 2.37. The van der Waals surface area contributed by atoms with Gasteiger partial charge in [-0.15, -0.1) is 0 Å². The number of nitrogen functional groups attached to an aromatic ring is 1. The van der Waals surface area contributed by atoms with Crippen molar-refractivity contribution in [2.45, 2.75) is 26.7 Å². The van der Waals surface area contributed by atoms with Gasteiger partial charge >= 0.3 is 0 Å². The largest absolute Gasteiger partial charge is 0.399 e. The zero-order valence-electron chi connectivity index (χ0n) is 9.79. The van der Waals surface area contributed by atoms with Crippen LogP contribution >= 0.6 is 0 Å². The summed E-state index contributed by atoms with van der Waals surface area (Å²) in [5.41, 5.74) is 8.26. The quantitative estimate of drug-likeness (QED) is 0.766. The summed E-state index contributed by atoms with van der Waals surface area (Å²) in [7, 11) is 0. The van der Waals surface area contributed by atoms with Crippen molar-refractivity contribution in [2.75, 3.05) is 11.1 Å². The Morgan fingerprint density at radius 3 is 2.81 bits per heavy atom. The van der Waals surface area contributed by atoms with E-state index in [9.17, 15) is 4.79 Å². The lowest BCUT2D eigenvalue weighted by Crippen LogP contribution is -2.22. The normalized spacial score (nSPS) is 16.9. The maximum absolute atomic E-state index is 11.9. The highest BCUT2D eigenvalue weighted by atomic mass is 16.1. The molecule has 1 saturated carbocycles. The van der Waals surface area contributed by atoms with Gasteiger partial charge in [0, 0.05) is 17.3 Å². The summed E-state index contributed by atoms with van der Waals surface area (Å²) in [5.74, 6) is 0.804. The molecule has 0 heterocycles. The van der Waals surface area contributed by atoms with Crippen LogP contribution in [0.5, 0.6) is 0 Å². The Morgan fingerprint density at radius 1 is 1.50 bits per heavy atom. The Hall–Kier alpha value is -1.51. The number of carbonyl (C=O) groups is 1. The molecule has 3 nitrogen and oxygen atoms in total. The molecule has 1 aliphatic carbocycles. The van der Waals surface area contributed by atoms with E-state index in [4.69, 9.17) is 5.73 Å². The highest BCUT2D eigenvalue weighted by molar-refractivity contribution is 5.93. The minimum atomic E-state index is 0.108. The van der Waals surface area contributed by atoms with E-state index in [0.29, 0.717) is 11.6 Å². The lowest BCUT2D eigenvalue weighted by molar-refractivity contribution is -0.119. The maximum atomic E-state index is 11.9. The number of carbonyl (C=O) groups excluding carboxylic acids is 1. The monoisotopic (exact) mass is 218 g/mol. The van der Waals surface area contributed by atoms with Crippen LogP contribution < -0.4 is 11.1 Å². The first-order chi connectivity index (χ1) is 7.58. The minimum Gasteiger partial charge on any atom is -0.399 e. The van der Waals surface area contributed by atoms with E-state index in [1.54, 1.807) is 0 Å². The smallest absolute Gasteiger partial charge is 0.227 e. The van der Waals surface area contributed by atoms with Gasteiger partial charge in [0.15, 0.2) is 0 Å². The van der Waals surface area contributed by atoms with Gasteiger partial charge in [-0.05, 0) is 43.4 Å². The van der Waals surface area contributed by atoms with Gasteiger partial charge in [-0.2, -0.15) is 0 Å². The Balaban J connectivity index is 2.07. The summed E-state index contributed by atoms with van der Waals surface area (Å²) < 4.78 is 0. The second-order valence-electron chi connectivity index (χ2n) is 4.69. The Labute approximate surface area is 96.0 Å². The summed E-state index contributed by atoms with van der Waals surface area (Å²) >= 11 is 0. The Morgan fingerprint density at radius 2 is 2.19 bits per heavy atom. The summed E-state index contributed by atoms with van der Waals surface area (Å²) in [6.45, 7) is 3.96. The van der Waals surface area contributed by atoms with E-state index in [1.165, 1.54) is 12.8 Å². The molecule has 1 fully saturated rings. The predicted octanol–water partition coefficient (Wildman–Crippen LogP) is 2.56. The summed E-state index contributed by atoms with van der Waals surface area (Å²) in [5, 5.41) is 2.95. The van der Waals surface area contributed by atoms with Crippen molar-refractivity contribution in [1.82, 2.24) is 0 Å². The summed E-state index contributed by atoms with van der Waals surface area (Å²) in [6.07, 6.45) is 2.37. The molecule has 16 heavy (non-hydrogen) atoms. The number of hydrogen-bond acceptors (Lipinski definition) is 2. The highest BCUT2D eigenvalue weighted by Gasteiger charge is 2.32. The molecule has 2 rings (SSSR count). The van der Waals surface area contributed by atoms with Gasteiger partial charge in [-0.3, -0.25) is 4.79 Å². The van der Waals surface area contributed by atoms with Crippen LogP contribution in [-0.4, -0.2) is 5.91 Å². The van der Waals surface area contributed by atoms with Crippen molar-refractivity contribution in [3.05, 3.63) is 23.8 Å². The van der Waals surface area contributed by atoms with Gasteiger partial charge in [-0.1, -0.05) is 13.0 Å². The van der Waals surface area contributed by atoms with Crippen molar-refractivity contribution in [1.29, 1.82) is 0 Å². The number of amides is 1. The van der Waals surface area contributed by atoms with Gasteiger partial charge in [0.2, 0.25) is 5.91 Å². The average Bonchev–Trinajstić information content (AvgIpc) is 3.06. The molecule has 1 atom stereocenters. The molecule has 3 N–H and O–H groups in total. The topological polar surface area (TPSA) is 55.1 Å². The molecule has 3 heteroatoms. The third-order valence-corrected chi connectivity index (χ3v) is 3.26. The second kappa shape index (κ2) is 4.16. The molecular weight excluding hydrogens is 200 g/mol. The third kappa shape index (κ3) is 2.35. The van der Waals surface area contributed by atoms with Crippen LogP contribution in [0.4, 0.5) is 11.4 Å². The number of benzene rings is 1. The predicted molar refractivity (Wildman–Crippen MR) is 66.1 cm³/mol. The van der Waals surface area contributed by atoms with Crippen LogP contribution in [0.25, 0.3) is 0 Å². The molecule has 0 aromatic heterocycles. The van der Waals surface area contributed by atoms with Crippen molar-refractivity contribution in [2.24, 2.45) is 11.8 Å².